The van der Waals surface area contributed by atoms with Crippen LogP contribution in [0.1, 0.15) is 29.8 Å². The molecule has 0 radical (unpaired) electrons. The zero-order valence-electron chi connectivity index (χ0n) is 14.5. The molecule has 146 valence electrons. The summed E-state index contributed by atoms with van der Waals surface area (Å²) in [4.78, 5) is 10.5. The van der Waals surface area contributed by atoms with Crippen molar-refractivity contribution < 1.29 is 21.9 Å². The van der Waals surface area contributed by atoms with E-state index in [1.54, 1.807) is 12.1 Å². The fourth-order valence-corrected chi connectivity index (χ4v) is 3.79. The van der Waals surface area contributed by atoms with Crippen LogP contribution in [0.5, 0.6) is 5.88 Å². The molecule has 0 bridgehead atoms. The molecule has 1 atom stereocenters. The van der Waals surface area contributed by atoms with Gasteiger partial charge in [-0.15, -0.1) is 0 Å². The summed E-state index contributed by atoms with van der Waals surface area (Å²) < 4.78 is 52.3. The highest BCUT2D eigenvalue weighted by Gasteiger charge is 2.24. The molecule has 3 rings (SSSR count). The Labute approximate surface area is 160 Å². The standard InChI is InChI=1S/C17H18ClF2N3O3S/c1-11(15-7-22-17(8-21-15)26-10-16(19)20)23-5-4-12-2-3-14(27(18,24)25)6-13(12)9-23/h2-3,6-8,11,16H,4-5,9-10H2,1H3/t11-/m1/s1. The number of alkyl halides is 2. The molecular formula is C17H18ClF2N3O3S. The highest BCUT2D eigenvalue weighted by atomic mass is 35.7. The molecule has 0 fully saturated rings. The molecule has 1 aromatic heterocycles. The number of hydrogen-bond acceptors (Lipinski definition) is 6. The molecule has 0 spiro atoms. The zero-order valence-corrected chi connectivity index (χ0v) is 16.1. The predicted molar refractivity (Wildman–Crippen MR) is 95.5 cm³/mol. The van der Waals surface area contributed by atoms with Crippen molar-refractivity contribution in [3.63, 3.8) is 0 Å². The van der Waals surface area contributed by atoms with Crippen LogP contribution in [-0.4, -0.2) is 42.9 Å². The van der Waals surface area contributed by atoms with Gasteiger partial charge in [0.15, 0.2) is 6.61 Å². The number of rotatable bonds is 6. The molecule has 0 saturated heterocycles. The van der Waals surface area contributed by atoms with Crippen molar-refractivity contribution in [2.24, 2.45) is 0 Å². The third kappa shape index (κ3) is 4.91. The minimum atomic E-state index is -3.78. The Kier molecular flexibility index (Phi) is 5.92. The van der Waals surface area contributed by atoms with Gasteiger partial charge in [0.1, 0.15) is 0 Å². The van der Waals surface area contributed by atoms with E-state index in [0.717, 1.165) is 24.1 Å². The van der Waals surface area contributed by atoms with Crippen molar-refractivity contribution >= 4 is 19.7 Å². The SMILES string of the molecule is C[C@H](c1cnc(OCC(F)F)cn1)N1CCc2ccc(S(=O)(=O)Cl)cc2C1. The van der Waals surface area contributed by atoms with Gasteiger partial charge in [-0.3, -0.25) is 9.88 Å². The molecule has 1 aliphatic heterocycles. The van der Waals surface area contributed by atoms with Crippen LogP contribution >= 0.6 is 10.7 Å². The Balaban J connectivity index is 1.72. The predicted octanol–water partition coefficient (Wildman–Crippen LogP) is 3.17. The molecule has 0 saturated carbocycles. The summed E-state index contributed by atoms with van der Waals surface area (Å²) in [5, 5.41) is 0. The number of hydrogen-bond donors (Lipinski definition) is 0. The second kappa shape index (κ2) is 8.04. The fourth-order valence-electron chi connectivity index (χ4n) is 2.99. The van der Waals surface area contributed by atoms with Gasteiger partial charge in [0, 0.05) is 23.8 Å². The number of halogens is 3. The van der Waals surface area contributed by atoms with Gasteiger partial charge in [-0.1, -0.05) is 6.07 Å². The lowest BCUT2D eigenvalue weighted by Gasteiger charge is -2.33. The van der Waals surface area contributed by atoms with Crippen LogP contribution < -0.4 is 4.74 Å². The van der Waals surface area contributed by atoms with E-state index in [9.17, 15) is 17.2 Å². The van der Waals surface area contributed by atoms with E-state index in [4.69, 9.17) is 15.4 Å². The maximum absolute atomic E-state index is 12.2. The lowest BCUT2D eigenvalue weighted by atomic mass is 9.98. The minimum Gasteiger partial charge on any atom is -0.470 e. The Morgan fingerprint density at radius 3 is 2.67 bits per heavy atom. The normalized spacial score (nSPS) is 16.2. The first-order valence-electron chi connectivity index (χ1n) is 8.27. The number of fused-ring (bicyclic) bond motifs is 1. The van der Waals surface area contributed by atoms with E-state index < -0.39 is 22.1 Å². The average molecular weight is 418 g/mol. The van der Waals surface area contributed by atoms with E-state index in [1.807, 2.05) is 6.92 Å². The Morgan fingerprint density at radius 1 is 1.26 bits per heavy atom. The van der Waals surface area contributed by atoms with E-state index >= 15 is 0 Å². The van der Waals surface area contributed by atoms with Crippen molar-refractivity contribution in [2.45, 2.75) is 37.3 Å². The smallest absolute Gasteiger partial charge is 0.272 e. The van der Waals surface area contributed by atoms with Crippen molar-refractivity contribution in [2.75, 3.05) is 13.2 Å². The van der Waals surface area contributed by atoms with Crippen molar-refractivity contribution in [1.82, 2.24) is 14.9 Å². The first-order valence-corrected chi connectivity index (χ1v) is 10.6. The third-order valence-corrected chi connectivity index (χ3v) is 5.83. The Bertz CT molecular complexity index is 910. The van der Waals surface area contributed by atoms with Crippen LogP contribution in [0.4, 0.5) is 8.78 Å². The quantitative estimate of drug-likeness (QED) is 0.672. The van der Waals surface area contributed by atoms with Crippen LogP contribution in [0.2, 0.25) is 0 Å². The lowest BCUT2D eigenvalue weighted by molar-refractivity contribution is 0.0792. The van der Waals surface area contributed by atoms with Gasteiger partial charge in [-0.25, -0.2) is 22.2 Å². The van der Waals surface area contributed by atoms with Gasteiger partial charge >= 0.3 is 0 Å². The summed E-state index contributed by atoms with van der Waals surface area (Å²) in [7, 11) is 1.66. The van der Waals surface area contributed by atoms with Crippen LogP contribution in [-0.2, 0) is 22.0 Å². The van der Waals surface area contributed by atoms with Gasteiger partial charge in [0.25, 0.3) is 15.5 Å². The summed E-state index contributed by atoms with van der Waals surface area (Å²) >= 11 is 0. The summed E-state index contributed by atoms with van der Waals surface area (Å²) in [5.41, 5.74) is 2.66. The number of benzene rings is 1. The van der Waals surface area contributed by atoms with Crippen LogP contribution in [0.15, 0.2) is 35.5 Å². The summed E-state index contributed by atoms with van der Waals surface area (Å²) in [6.07, 6.45) is 1.02. The second-order valence-corrected chi connectivity index (χ2v) is 8.81. The topological polar surface area (TPSA) is 72.4 Å². The maximum Gasteiger partial charge on any atom is 0.272 e. The molecule has 0 aliphatic carbocycles. The van der Waals surface area contributed by atoms with Gasteiger partial charge < -0.3 is 4.74 Å². The summed E-state index contributed by atoms with van der Waals surface area (Å²) in [6.45, 7) is 2.55. The molecular weight excluding hydrogens is 400 g/mol. The average Bonchev–Trinajstić information content (AvgIpc) is 2.64. The van der Waals surface area contributed by atoms with Gasteiger partial charge in [-0.05, 0) is 36.6 Å². The molecule has 0 N–H and O–H groups in total. The molecule has 6 nitrogen and oxygen atoms in total. The van der Waals surface area contributed by atoms with Crippen molar-refractivity contribution in [3.05, 3.63) is 47.4 Å². The molecule has 1 aromatic carbocycles. The van der Waals surface area contributed by atoms with Crippen molar-refractivity contribution in [1.29, 1.82) is 0 Å². The number of ether oxygens (including phenoxy) is 1. The number of aromatic nitrogens is 2. The molecule has 0 unspecified atom stereocenters. The van der Waals surface area contributed by atoms with Gasteiger partial charge in [-0.2, -0.15) is 0 Å². The Morgan fingerprint density at radius 2 is 2.04 bits per heavy atom. The minimum absolute atomic E-state index is 0.0483. The van der Waals surface area contributed by atoms with Gasteiger partial charge in [0.2, 0.25) is 5.88 Å². The number of nitrogens with zero attached hydrogens (tertiary/aromatic N) is 3. The summed E-state index contributed by atoms with van der Waals surface area (Å²) in [6, 6.07) is 4.82. The highest BCUT2D eigenvalue weighted by Crippen LogP contribution is 2.29. The lowest BCUT2D eigenvalue weighted by Crippen LogP contribution is -2.33. The highest BCUT2D eigenvalue weighted by molar-refractivity contribution is 8.13. The molecule has 10 heteroatoms. The monoisotopic (exact) mass is 417 g/mol. The van der Waals surface area contributed by atoms with Crippen LogP contribution in [0, 0.1) is 0 Å². The first-order chi connectivity index (χ1) is 12.7. The largest absolute Gasteiger partial charge is 0.470 e. The summed E-state index contributed by atoms with van der Waals surface area (Å²) in [5.74, 6) is 0.0483. The van der Waals surface area contributed by atoms with Crippen LogP contribution in [0.25, 0.3) is 0 Å². The molecule has 2 heterocycles. The Hall–Kier alpha value is -1.84. The van der Waals surface area contributed by atoms with Crippen molar-refractivity contribution in [3.8, 4) is 5.88 Å². The third-order valence-electron chi connectivity index (χ3n) is 4.48. The molecule has 2 aromatic rings. The fraction of sp³-hybridized carbons (Fsp3) is 0.412. The molecule has 27 heavy (non-hydrogen) atoms. The molecule has 1 aliphatic rings. The first kappa shape index (κ1) is 19.9. The van der Waals surface area contributed by atoms with Gasteiger partial charge in [0.05, 0.1) is 29.0 Å². The second-order valence-electron chi connectivity index (χ2n) is 6.25. The zero-order chi connectivity index (χ0) is 19.6. The van der Waals surface area contributed by atoms with Crippen LogP contribution in [0.3, 0.4) is 0 Å². The van der Waals surface area contributed by atoms with E-state index in [-0.39, 0.29) is 16.8 Å². The maximum atomic E-state index is 12.2. The van der Waals surface area contributed by atoms with E-state index in [0.29, 0.717) is 12.2 Å². The van der Waals surface area contributed by atoms with E-state index in [2.05, 4.69) is 14.9 Å². The molecule has 0 amide bonds. The van der Waals surface area contributed by atoms with E-state index in [1.165, 1.54) is 18.5 Å².